The molecule has 0 spiro atoms. The van der Waals surface area contributed by atoms with E-state index < -0.39 is 0 Å². The molecule has 3 rings (SSSR count). The Labute approximate surface area is 118 Å². The molecule has 4 heteroatoms. The van der Waals surface area contributed by atoms with Crippen LogP contribution < -0.4 is 5.73 Å². The Bertz CT molecular complexity index is 595. The molecule has 1 aliphatic carbocycles. The van der Waals surface area contributed by atoms with Crippen molar-refractivity contribution in [2.75, 3.05) is 0 Å². The van der Waals surface area contributed by atoms with Gasteiger partial charge in [-0.1, -0.05) is 6.07 Å². The summed E-state index contributed by atoms with van der Waals surface area (Å²) in [6.07, 6.45) is 2.58. The maximum Gasteiger partial charge on any atom is 0.123 e. The predicted octanol–water partition coefficient (Wildman–Crippen LogP) is 3.99. The first-order chi connectivity index (χ1) is 8.57. The summed E-state index contributed by atoms with van der Waals surface area (Å²) in [7, 11) is 0. The Morgan fingerprint density at radius 1 is 1.33 bits per heavy atom. The van der Waals surface area contributed by atoms with Crippen molar-refractivity contribution in [2.45, 2.75) is 24.8 Å². The number of hydrogen-bond acceptors (Lipinski definition) is 2. The third-order valence-electron chi connectivity index (χ3n) is 3.56. The van der Waals surface area contributed by atoms with Crippen LogP contribution in [0.25, 0.3) is 0 Å². The second-order valence-electron chi connectivity index (χ2n) is 4.84. The van der Waals surface area contributed by atoms with Gasteiger partial charge in [0, 0.05) is 16.8 Å². The third kappa shape index (κ3) is 2.13. The van der Waals surface area contributed by atoms with E-state index in [2.05, 4.69) is 22.0 Å². The molecule has 1 aromatic heterocycles. The van der Waals surface area contributed by atoms with Crippen LogP contribution in [0.5, 0.6) is 0 Å². The van der Waals surface area contributed by atoms with Gasteiger partial charge in [-0.2, -0.15) is 0 Å². The van der Waals surface area contributed by atoms with Crippen LogP contribution in [-0.2, 0) is 18.4 Å². The average Bonchev–Trinajstić information content (AvgIpc) is 2.84. The molecule has 0 fully saturated rings. The van der Waals surface area contributed by atoms with Gasteiger partial charge in [0.05, 0.1) is 3.79 Å². The van der Waals surface area contributed by atoms with Gasteiger partial charge in [-0.05, 0) is 64.2 Å². The quantitative estimate of drug-likeness (QED) is 0.887. The lowest BCUT2D eigenvalue weighted by Gasteiger charge is -2.24. The van der Waals surface area contributed by atoms with E-state index in [1.807, 2.05) is 12.1 Å². The summed E-state index contributed by atoms with van der Waals surface area (Å²) in [6, 6.07) is 9.12. The van der Waals surface area contributed by atoms with Crippen LogP contribution in [0.15, 0.2) is 34.1 Å². The van der Waals surface area contributed by atoms with E-state index in [4.69, 9.17) is 5.73 Å². The number of benzene rings is 1. The van der Waals surface area contributed by atoms with Crippen molar-refractivity contribution in [2.24, 2.45) is 5.73 Å². The van der Waals surface area contributed by atoms with Gasteiger partial charge in [0.25, 0.3) is 0 Å². The van der Waals surface area contributed by atoms with E-state index in [1.165, 1.54) is 10.9 Å². The number of rotatable bonds is 2. The van der Waals surface area contributed by atoms with Gasteiger partial charge in [0.2, 0.25) is 0 Å². The molecule has 0 amide bonds. The summed E-state index contributed by atoms with van der Waals surface area (Å²) in [4.78, 5) is 1.27. The molecule has 1 aliphatic rings. The molecule has 0 bridgehead atoms. The molecular formula is C14H13BrFNS. The van der Waals surface area contributed by atoms with Crippen LogP contribution >= 0.6 is 27.3 Å². The molecule has 1 nitrogen and oxygen atoms in total. The average molecular weight is 326 g/mol. The van der Waals surface area contributed by atoms with Gasteiger partial charge < -0.3 is 5.73 Å². The lowest BCUT2D eigenvalue weighted by Crippen LogP contribution is -2.36. The normalized spacial score (nSPS) is 22.2. The second-order valence-corrected chi connectivity index (χ2v) is 7.39. The number of hydrogen-bond donors (Lipinski definition) is 1. The van der Waals surface area contributed by atoms with Crippen LogP contribution in [0, 0.1) is 5.82 Å². The highest BCUT2D eigenvalue weighted by Crippen LogP contribution is 2.39. The van der Waals surface area contributed by atoms with E-state index in [0.717, 1.165) is 34.2 Å². The monoisotopic (exact) mass is 325 g/mol. The van der Waals surface area contributed by atoms with Crippen molar-refractivity contribution in [1.29, 1.82) is 0 Å². The molecule has 2 N–H and O–H groups in total. The minimum atomic E-state index is -0.340. The van der Waals surface area contributed by atoms with Crippen molar-refractivity contribution in [3.05, 3.63) is 55.9 Å². The van der Waals surface area contributed by atoms with Gasteiger partial charge in [-0.3, -0.25) is 0 Å². The first-order valence-corrected chi connectivity index (χ1v) is 7.50. The second kappa shape index (κ2) is 4.44. The van der Waals surface area contributed by atoms with Crippen molar-refractivity contribution in [3.63, 3.8) is 0 Å². The van der Waals surface area contributed by atoms with E-state index in [9.17, 15) is 4.39 Å². The number of fused-ring (bicyclic) bond motifs is 1. The lowest BCUT2D eigenvalue weighted by molar-refractivity contribution is 0.442. The summed E-state index contributed by atoms with van der Waals surface area (Å²) < 4.78 is 14.3. The Morgan fingerprint density at radius 2 is 2.17 bits per heavy atom. The molecule has 0 radical (unpaired) electrons. The molecular weight excluding hydrogens is 313 g/mol. The molecule has 0 aliphatic heterocycles. The summed E-state index contributed by atoms with van der Waals surface area (Å²) in [5.74, 6) is -0.170. The summed E-state index contributed by atoms with van der Waals surface area (Å²) in [6.45, 7) is 0. The van der Waals surface area contributed by atoms with E-state index >= 15 is 0 Å². The largest absolute Gasteiger partial charge is 0.321 e. The molecule has 0 saturated heterocycles. The topological polar surface area (TPSA) is 26.0 Å². The van der Waals surface area contributed by atoms with E-state index in [0.29, 0.717) is 0 Å². The molecule has 1 aromatic carbocycles. The standard InChI is InChI=1S/C14H13BrFNS/c15-13-4-2-11(18-13)8-14(17)6-5-9-7-10(16)1-3-12(9)14/h1-4,7H,5-6,8,17H2. The zero-order valence-electron chi connectivity index (χ0n) is 9.75. The summed E-state index contributed by atoms with van der Waals surface area (Å²) >= 11 is 5.18. The van der Waals surface area contributed by atoms with Crippen molar-refractivity contribution in [3.8, 4) is 0 Å². The number of thiophene rings is 1. The van der Waals surface area contributed by atoms with Crippen LogP contribution in [0.3, 0.4) is 0 Å². The molecule has 2 aromatic rings. The smallest absolute Gasteiger partial charge is 0.123 e. The number of halogens is 2. The Kier molecular flexibility index (Phi) is 3.04. The first kappa shape index (κ1) is 12.3. The molecule has 94 valence electrons. The maximum atomic E-state index is 13.2. The molecule has 1 heterocycles. The predicted molar refractivity (Wildman–Crippen MR) is 76.3 cm³/mol. The van der Waals surface area contributed by atoms with Crippen LogP contribution in [0.1, 0.15) is 22.4 Å². The third-order valence-corrected chi connectivity index (χ3v) is 5.19. The van der Waals surface area contributed by atoms with Crippen molar-refractivity contribution in [1.82, 2.24) is 0 Å². The Morgan fingerprint density at radius 3 is 2.89 bits per heavy atom. The first-order valence-electron chi connectivity index (χ1n) is 5.89. The molecule has 1 unspecified atom stereocenters. The van der Waals surface area contributed by atoms with Gasteiger partial charge in [0.1, 0.15) is 5.82 Å². The number of aryl methyl sites for hydroxylation is 1. The van der Waals surface area contributed by atoms with Crippen molar-refractivity contribution < 1.29 is 4.39 Å². The van der Waals surface area contributed by atoms with Gasteiger partial charge >= 0.3 is 0 Å². The van der Waals surface area contributed by atoms with Crippen molar-refractivity contribution >= 4 is 27.3 Å². The number of nitrogens with two attached hydrogens (primary N) is 1. The summed E-state index contributed by atoms with van der Waals surface area (Å²) in [5.41, 5.74) is 8.36. The molecule has 18 heavy (non-hydrogen) atoms. The maximum absolute atomic E-state index is 13.2. The van der Waals surface area contributed by atoms with Gasteiger partial charge in [-0.25, -0.2) is 4.39 Å². The van der Waals surface area contributed by atoms with Crippen LogP contribution in [0.4, 0.5) is 4.39 Å². The molecule has 1 atom stereocenters. The summed E-state index contributed by atoms with van der Waals surface area (Å²) in [5, 5.41) is 0. The van der Waals surface area contributed by atoms with E-state index in [-0.39, 0.29) is 11.4 Å². The molecule has 0 saturated carbocycles. The van der Waals surface area contributed by atoms with E-state index in [1.54, 1.807) is 17.4 Å². The Hall–Kier alpha value is -0.710. The fourth-order valence-electron chi connectivity index (χ4n) is 2.69. The fraction of sp³-hybridized carbons (Fsp3) is 0.286. The SMILES string of the molecule is NC1(Cc2ccc(Br)s2)CCc2cc(F)ccc21. The fourth-order valence-corrected chi connectivity index (χ4v) is 4.30. The highest BCUT2D eigenvalue weighted by atomic mass is 79.9. The van der Waals surface area contributed by atoms with Gasteiger partial charge in [-0.15, -0.1) is 11.3 Å². The van der Waals surface area contributed by atoms with Gasteiger partial charge in [0.15, 0.2) is 0 Å². The zero-order chi connectivity index (χ0) is 12.8. The highest BCUT2D eigenvalue weighted by Gasteiger charge is 2.35. The lowest BCUT2D eigenvalue weighted by atomic mass is 9.89. The van der Waals surface area contributed by atoms with Crippen LogP contribution in [0.2, 0.25) is 0 Å². The minimum absolute atomic E-state index is 0.170. The van der Waals surface area contributed by atoms with Crippen LogP contribution in [-0.4, -0.2) is 0 Å². The highest BCUT2D eigenvalue weighted by molar-refractivity contribution is 9.11. The minimum Gasteiger partial charge on any atom is -0.321 e. The Balaban J connectivity index is 1.94. The zero-order valence-corrected chi connectivity index (χ0v) is 12.2.